The summed E-state index contributed by atoms with van der Waals surface area (Å²) in [5.41, 5.74) is -1.41. The number of halogens is 3. The number of nitrogens with one attached hydrogen (secondary N) is 1. The zero-order chi connectivity index (χ0) is 38.6. The van der Waals surface area contributed by atoms with Gasteiger partial charge in [0.2, 0.25) is 5.91 Å². The number of rotatable bonds is 8. The Morgan fingerprint density at radius 1 is 1.07 bits per heavy atom. The van der Waals surface area contributed by atoms with Crippen LogP contribution in [0, 0.1) is 17.6 Å². The van der Waals surface area contributed by atoms with Gasteiger partial charge in [0.1, 0.15) is 35.4 Å². The van der Waals surface area contributed by atoms with Gasteiger partial charge in [-0.05, 0) is 94.2 Å². The van der Waals surface area contributed by atoms with Crippen LogP contribution in [0.2, 0.25) is 0 Å². The standard InChI is InChI=1S/C41H47F3N6O5/c1-40(2,3)55-39(53)48-17-13-24-14-18-50(31(24)22-48)32(51)10-5-8-27-30(43)12-11-25-7-4-9-28(33(25)27)35-34(44)36-29(20-45-35)37(52)47-38(46-36)54-23-41-15-6-16-49(41)21-26(42)19-41/h4,7,9,11-12,20,24,26,31H,5-6,8,10,13-19,21-23H2,1-3H3,(H,46,47,52)/t24-,26+,31-,41-/m0/s1. The lowest BCUT2D eigenvalue weighted by Crippen LogP contribution is -2.52. The Balaban J connectivity index is 1.02. The highest BCUT2D eigenvalue weighted by Gasteiger charge is 2.49. The molecular formula is C41H47F3N6O5. The number of aromatic amines is 1. The Kier molecular flexibility index (Phi) is 9.75. The van der Waals surface area contributed by atoms with Crippen molar-refractivity contribution in [3.8, 4) is 17.3 Å². The van der Waals surface area contributed by atoms with E-state index < -0.39 is 34.5 Å². The van der Waals surface area contributed by atoms with Crippen LogP contribution in [0.3, 0.4) is 0 Å². The molecule has 55 heavy (non-hydrogen) atoms. The molecule has 1 N–H and O–H groups in total. The number of H-pyrrole nitrogens is 1. The summed E-state index contributed by atoms with van der Waals surface area (Å²) in [5.74, 6) is -1.07. The fourth-order valence-corrected chi connectivity index (χ4v) is 9.33. The summed E-state index contributed by atoms with van der Waals surface area (Å²) in [4.78, 5) is 56.4. The summed E-state index contributed by atoms with van der Waals surface area (Å²) in [6.07, 6.45) is 4.33. The third-order valence-electron chi connectivity index (χ3n) is 11.9. The molecule has 0 aliphatic carbocycles. The van der Waals surface area contributed by atoms with Crippen molar-refractivity contribution in [3.05, 3.63) is 64.1 Å². The second-order valence-electron chi connectivity index (χ2n) is 16.6. The van der Waals surface area contributed by atoms with Crippen molar-refractivity contribution in [2.24, 2.45) is 5.92 Å². The summed E-state index contributed by atoms with van der Waals surface area (Å²) >= 11 is 0. The molecule has 4 saturated heterocycles. The fraction of sp³-hybridized carbons (Fsp3) is 0.537. The molecule has 4 atom stereocenters. The first-order valence-corrected chi connectivity index (χ1v) is 19.4. The third kappa shape index (κ3) is 7.13. The van der Waals surface area contributed by atoms with Crippen molar-refractivity contribution in [3.63, 3.8) is 0 Å². The highest BCUT2D eigenvalue weighted by Crippen LogP contribution is 2.41. The van der Waals surface area contributed by atoms with Crippen LogP contribution < -0.4 is 10.3 Å². The molecule has 2 aromatic carbocycles. The van der Waals surface area contributed by atoms with E-state index in [1.165, 1.54) is 12.3 Å². The molecule has 0 saturated carbocycles. The number of carbonyl (C=O) groups excluding carboxylic acids is 2. The number of pyridine rings is 1. The number of ether oxygens (including phenoxy) is 2. The Hall–Kier alpha value is -4.72. The molecule has 292 valence electrons. The van der Waals surface area contributed by atoms with Crippen LogP contribution in [-0.4, -0.2) is 104 Å². The molecular weight excluding hydrogens is 713 g/mol. The van der Waals surface area contributed by atoms with Gasteiger partial charge in [0.25, 0.3) is 11.6 Å². The third-order valence-corrected chi connectivity index (χ3v) is 11.9. The minimum absolute atomic E-state index is 0.0475. The number of hydrogen-bond donors (Lipinski definition) is 1. The smallest absolute Gasteiger partial charge is 0.410 e. The minimum atomic E-state index is -0.956. The van der Waals surface area contributed by atoms with Gasteiger partial charge in [-0.2, -0.15) is 4.98 Å². The van der Waals surface area contributed by atoms with Gasteiger partial charge >= 0.3 is 6.09 Å². The van der Waals surface area contributed by atoms with Gasteiger partial charge in [0, 0.05) is 50.8 Å². The number of amides is 2. The highest BCUT2D eigenvalue weighted by atomic mass is 19.1. The number of nitrogens with zero attached hydrogens (tertiary/aromatic N) is 5. The van der Waals surface area contributed by atoms with E-state index in [-0.39, 0.29) is 60.1 Å². The van der Waals surface area contributed by atoms with E-state index in [0.29, 0.717) is 66.8 Å². The zero-order valence-corrected chi connectivity index (χ0v) is 31.5. The number of alkyl halides is 1. The number of fused-ring (bicyclic) bond motifs is 4. The monoisotopic (exact) mass is 760 g/mol. The Morgan fingerprint density at radius 3 is 2.71 bits per heavy atom. The number of hydrogen-bond acceptors (Lipinski definition) is 8. The molecule has 4 aliphatic heterocycles. The second-order valence-corrected chi connectivity index (χ2v) is 16.6. The van der Waals surface area contributed by atoms with Gasteiger partial charge < -0.3 is 19.3 Å². The molecule has 14 heteroatoms. The summed E-state index contributed by atoms with van der Waals surface area (Å²) in [6, 6.07) is 7.93. The van der Waals surface area contributed by atoms with Crippen LogP contribution in [0.4, 0.5) is 18.0 Å². The largest absolute Gasteiger partial charge is 0.463 e. The van der Waals surface area contributed by atoms with E-state index in [2.05, 4.69) is 19.9 Å². The number of piperidine rings is 1. The SMILES string of the molecule is CC(C)(C)OC(=O)N1CC[C@H]2CCN(C(=O)CCCc3c(F)ccc4cccc(-c5ncc6c(=O)[nH]c(OC[C@@]78CCCN7C[C@H](F)C8)nc6c5F)c34)[C@H]2C1. The Morgan fingerprint density at radius 2 is 1.89 bits per heavy atom. The quantitative estimate of drug-likeness (QED) is 0.215. The maximum atomic E-state index is 16.5. The van der Waals surface area contributed by atoms with Gasteiger partial charge in [0.05, 0.1) is 17.0 Å². The van der Waals surface area contributed by atoms with Crippen molar-refractivity contribution >= 4 is 33.7 Å². The van der Waals surface area contributed by atoms with Crippen molar-refractivity contribution in [2.75, 3.05) is 39.3 Å². The molecule has 0 bridgehead atoms. The van der Waals surface area contributed by atoms with Crippen LogP contribution in [0.25, 0.3) is 32.9 Å². The first kappa shape index (κ1) is 37.2. The maximum absolute atomic E-state index is 16.5. The highest BCUT2D eigenvalue weighted by molar-refractivity contribution is 6.00. The number of aromatic nitrogens is 3. The molecule has 0 spiro atoms. The van der Waals surface area contributed by atoms with Gasteiger partial charge in [0.15, 0.2) is 5.82 Å². The van der Waals surface area contributed by atoms with E-state index >= 15 is 8.78 Å². The summed E-state index contributed by atoms with van der Waals surface area (Å²) in [7, 11) is 0. The normalized spacial score (nSPS) is 24.1. The fourth-order valence-electron chi connectivity index (χ4n) is 9.33. The van der Waals surface area contributed by atoms with Crippen LogP contribution in [0.15, 0.2) is 41.3 Å². The van der Waals surface area contributed by atoms with Gasteiger partial charge in [-0.1, -0.05) is 24.3 Å². The first-order chi connectivity index (χ1) is 26.3. The lowest BCUT2D eigenvalue weighted by molar-refractivity contribution is -0.133. The summed E-state index contributed by atoms with van der Waals surface area (Å²) < 4.78 is 58.1. The zero-order valence-electron chi connectivity index (χ0n) is 31.5. The van der Waals surface area contributed by atoms with Crippen molar-refractivity contribution in [1.82, 2.24) is 29.7 Å². The summed E-state index contributed by atoms with van der Waals surface area (Å²) in [6.45, 7) is 8.33. The van der Waals surface area contributed by atoms with Gasteiger partial charge in [-0.3, -0.25) is 24.5 Å². The second kappa shape index (κ2) is 14.4. The van der Waals surface area contributed by atoms with Crippen molar-refractivity contribution < 1.29 is 32.2 Å². The number of aryl methyl sites for hydroxylation is 1. The van der Waals surface area contributed by atoms with E-state index in [0.717, 1.165) is 32.2 Å². The average molecular weight is 761 g/mol. The van der Waals surface area contributed by atoms with Crippen LogP contribution in [0.5, 0.6) is 6.01 Å². The van der Waals surface area contributed by atoms with Gasteiger partial charge in [-0.15, -0.1) is 0 Å². The molecule has 6 heterocycles. The summed E-state index contributed by atoms with van der Waals surface area (Å²) in [5, 5.41) is 1.06. The van der Waals surface area contributed by atoms with Crippen LogP contribution in [0.1, 0.15) is 71.3 Å². The number of carbonyl (C=O) groups is 2. The Bertz CT molecular complexity index is 2210. The van der Waals surface area contributed by atoms with Crippen LogP contribution in [-0.2, 0) is 16.0 Å². The predicted molar refractivity (Wildman–Crippen MR) is 201 cm³/mol. The molecule has 4 aliphatic rings. The Labute approximate surface area is 317 Å². The molecule has 4 aromatic rings. The van der Waals surface area contributed by atoms with E-state index in [4.69, 9.17) is 9.47 Å². The minimum Gasteiger partial charge on any atom is -0.463 e. The molecule has 2 amide bonds. The lowest BCUT2D eigenvalue weighted by atomic mass is 9.92. The topological polar surface area (TPSA) is 121 Å². The van der Waals surface area contributed by atoms with Crippen molar-refractivity contribution in [2.45, 2.75) is 95.5 Å². The predicted octanol–water partition coefficient (Wildman–Crippen LogP) is 6.55. The van der Waals surface area contributed by atoms with Gasteiger partial charge in [-0.25, -0.2) is 18.0 Å². The molecule has 2 aromatic heterocycles. The average Bonchev–Trinajstić information content (AvgIpc) is 3.83. The van der Waals surface area contributed by atoms with Crippen LogP contribution >= 0.6 is 0 Å². The molecule has 0 radical (unpaired) electrons. The maximum Gasteiger partial charge on any atom is 0.410 e. The molecule has 8 rings (SSSR count). The van der Waals surface area contributed by atoms with E-state index in [9.17, 15) is 18.8 Å². The van der Waals surface area contributed by atoms with E-state index in [1.54, 1.807) is 29.2 Å². The van der Waals surface area contributed by atoms with E-state index in [1.807, 2.05) is 25.7 Å². The first-order valence-electron chi connectivity index (χ1n) is 19.4. The number of likely N-dealkylation sites (tertiary alicyclic amines) is 2. The molecule has 11 nitrogen and oxygen atoms in total. The lowest BCUT2D eigenvalue weighted by Gasteiger charge is -2.39. The van der Waals surface area contributed by atoms with Crippen molar-refractivity contribution in [1.29, 1.82) is 0 Å². The number of benzene rings is 2. The molecule has 4 fully saturated rings. The molecule has 0 unspecified atom stereocenters.